The predicted octanol–water partition coefficient (Wildman–Crippen LogP) is 14.8. The fourth-order valence-electron chi connectivity index (χ4n) is 15.5. The molecule has 2 spiro atoms. The van der Waals surface area contributed by atoms with Gasteiger partial charge in [-0.3, -0.25) is 0 Å². The molecule has 0 radical (unpaired) electrons. The summed E-state index contributed by atoms with van der Waals surface area (Å²) in [4.78, 5) is 2.61. The summed E-state index contributed by atoms with van der Waals surface area (Å²) >= 11 is 0. The van der Waals surface area contributed by atoms with Gasteiger partial charge in [-0.1, -0.05) is 122 Å². The van der Waals surface area contributed by atoms with Gasteiger partial charge in [0.15, 0.2) is 0 Å². The van der Waals surface area contributed by atoms with E-state index in [9.17, 15) is 0 Å². The smallest absolute Gasteiger partial charge is 0.0468 e. The van der Waals surface area contributed by atoms with Gasteiger partial charge in [0.25, 0.3) is 0 Å². The second-order valence-corrected chi connectivity index (χ2v) is 19.7. The van der Waals surface area contributed by atoms with Crippen molar-refractivity contribution in [1.82, 2.24) is 0 Å². The second kappa shape index (κ2) is 11.6. The fraction of sp³-hybridized carbons (Fsp3) is 0.298. The maximum atomic E-state index is 2.64. The van der Waals surface area contributed by atoms with E-state index >= 15 is 0 Å². The zero-order valence-electron chi connectivity index (χ0n) is 33.2. The first-order valence-electron chi connectivity index (χ1n) is 22.5. The van der Waals surface area contributed by atoms with Crippen LogP contribution in [0.2, 0.25) is 0 Å². The summed E-state index contributed by atoms with van der Waals surface area (Å²) in [6, 6.07) is 59.3. The molecule has 8 aliphatic carbocycles. The minimum atomic E-state index is 0.129. The quantitative estimate of drug-likeness (QED) is 0.173. The van der Waals surface area contributed by atoms with Crippen molar-refractivity contribution >= 4 is 27.8 Å². The Labute approximate surface area is 342 Å². The Balaban J connectivity index is 0.981. The molecule has 1 nitrogen and oxygen atoms in total. The van der Waals surface area contributed by atoms with Crippen LogP contribution in [0.3, 0.4) is 0 Å². The van der Waals surface area contributed by atoms with E-state index in [0.29, 0.717) is 0 Å². The third-order valence-electron chi connectivity index (χ3n) is 17.3. The summed E-state index contributed by atoms with van der Waals surface area (Å²) in [5, 5.41) is 2.59. The van der Waals surface area contributed by atoms with Crippen LogP contribution >= 0.6 is 0 Å². The molecular weight excluding hydrogens is 699 g/mol. The third-order valence-corrected chi connectivity index (χ3v) is 17.3. The molecule has 7 aromatic rings. The molecule has 1 heteroatoms. The minimum Gasteiger partial charge on any atom is -0.310 e. The van der Waals surface area contributed by atoms with Crippen molar-refractivity contribution in [2.75, 3.05) is 4.90 Å². The number of nitrogens with zero attached hydrogens (tertiary/aromatic N) is 1. The molecule has 3 atom stereocenters. The van der Waals surface area contributed by atoms with Crippen molar-refractivity contribution in [2.24, 2.45) is 35.5 Å². The van der Waals surface area contributed by atoms with Crippen LogP contribution in [0.25, 0.3) is 44.2 Å². The zero-order valence-corrected chi connectivity index (χ0v) is 33.2. The van der Waals surface area contributed by atoms with E-state index in [4.69, 9.17) is 0 Å². The first-order chi connectivity index (χ1) is 28.7. The lowest BCUT2D eigenvalue weighted by Gasteiger charge is -2.61. The van der Waals surface area contributed by atoms with Crippen LogP contribution in [0.4, 0.5) is 17.1 Å². The average molecular weight is 748 g/mol. The van der Waals surface area contributed by atoms with Crippen molar-refractivity contribution in [3.8, 4) is 33.4 Å². The molecule has 6 bridgehead atoms. The number of hydrogen-bond donors (Lipinski definition) is 0. The van der Waals surface area contributed by atoms with Crippen LogP contribution in [0, 0.1) is 35.5 Å². The van der Waals surface area contributed by atoms with Gasteiger partial charge >= 0.3 is 0 Å². The van der Waals surface area contributed by atoms with Crippen LogP contribution in [-0.4, -0.2) is 0 Å². The number of rotatable bonds is 4. The topological polar surface area (TPSA) is 3.24 Å². The van der Waals surface area contributed by atoms with Gasteiger partial charge in [0.2, 0.25) is 0 Å². The Morgan fingerprint density at radius 1 is 0.397 bits per heavy atom. The standard InChI is InChI=1S/C57H49N/c1-2-13-46-38(9-1)10-8-16-47(46)39-11-7-12-43(31-39)58(45-21-23-50-48-14-3-5-17-52(48)56(55(50)33-45)34-35-19-20-40(56)26-35)44-22-24-54-51(32-44)49-15-4-6-18-53(49)57(54)41-27-36-25-37(29-41)30-42(57)28-36/h1-18,21-24,31-33,35-37,40-42H,19-20,25-30,34H2. The fourth-order valence-corrected chi connectivity index (χ4v) is 15.5. The summed E-state index contributed by atoms with van der Waals surface area (Å²) in [5.74, 6) is 4.99. The molecule has 0 aliphatic heterocycles. The lowest BCUT2D eigenvalue weighted by atomic mass is 9.43. The van der Waals surface area contributed by atoms with Crippen LogP contribution in [0.1, 0.15) is 80.0 Å². The van der Waals surface area contributed by atoms with Crippen LogP contribution < -0.4 is 4.90 Å². The molecule has 0 aromatic heterocycles. The van der Waals surface area contributed by atoms with E-state index < -0.39 is 0 Å². The number of anilines is 3. The van der Waals surface area contributed by atoms with Crippen molar-refractivity contribution in [3.05, 3.63) is 174 Å². The Bertz CT molecular complexity index is 2830. The SMILES string of the molecule is c1cc(-c2cccc3ccccc23)cc(N(c2ccc3c(c2)-c2ccccc2C32C3CC4CC(C3)CC2C4)c2ccc3c(c2)C2(CC4CCC2C4)c2ccccc2-3)c1. The van der Waals surface area contributed by atoms with E-state index in [1.54, 1.807) is 22.3 Å². The molecule has 7 aromatic carbocycles. The van der Waals surface area contributed by atoms with E-state index in [1.165, 1.54) is 119 Å². The maximum absolute atomic E-state index is 2.64. The molecule has 3 unspecified atom stereocenters. The molecule has 0 N–H and O–H groups in total. The van der Waals surface area contributed by atoms with E-state index in [1.807, 2.05) is 0 Å². The van der Waals surface area contributed by atoms with Crippen molar-refractivity contribution in [1.29, 1.82) is 0 Å². The average Bonchev–Trinajstić information content (AvgIpc) is 4.02. The monoisotopic (exact) mass is 747 g/mol. The lowest BCUT2D eigenvalue weighted by Crippen LogP contribution is -2.55. The minimum absolute atomic E-state index is 0.129. The van der Waals surface area contributed by atoms with Crippen LogP contribution in [0.5, 0.6) is 0 Å². The van der Waals surface area contributed by atoms with Crippen molar-refractivity contribution in [2.45, 2.75) is 68.6 Å². The molecular formula is C57H49N. The largest absolute Gasteiger partial charge is 0.310 e. The summed E-state index contributed by atoms with van der Waals surface area (Å²) < 4.78 is 0. The lowest BCUT2D eigenvalue weighted by molar-refractivity contribution is -0.0399. The Morgan fingerprint density at radius 2 is 1.02 bits per heavy atom. The highest BCUT2D eigenvalue weighted by molar-refractivity contribution is 5.98. The highest BCUT2D eigenvalue weighted by Crippen LogP contribution is 2.70. The van der Waals surface area contributed by atoms with E-state index in [-0.39, 0.29) is 10.8 Å². The summed E-state index contributed by atoms with van der Waals surface area (Å²) in [5.41, 5.74) is 18.9. The Kier molecular flexibility index (Phi) is 6.52. The highest BCUT2D eigenvalue weighted by Gasteiger charge is 2.62. The maximum Gasteiger partial charge on any atom is 0.0468 e. The molecule has 58 heavy (non-hydrogen) atoms. The van der Waals surface area contributed by atoms with Gasteiger partial charge in [0, 0.05) is 27.9 Å². The van der Waals surface area contributed by atoms with Crippen LogP contribution in [-0.2, 0) is 10.8 Å². The summed E-state index contributed by atoms with van der Waals surface area (Å²) in [6.07, 6.45) is 12.6. The molecule has 15 rings (SSSR count). The number of hydrogen-bond acceptors (Lipinski definition) is 1. The van der Waals surface area contributed by atoms with E-state index in [2.05, 4.69) is 157 Å². The van der Waals surface area contributed by atoms with E-state index in [0.717, 1.165) is 35.5 Å². The first kappa shape index (κ1) is 32.5. The number of fused-ring (bicyclic) bond motifs is 12. The van der Waals surface area contributed by atoms with Gasteiger partial charge < -0.3 is 4.90 Å². The normalized spacial score (nSPS) is 29.9. The van der Waals surface area contributed by atoms with Gasteiger partial charge in [-0.2, -0.15) is 0 Å². The second-order valence-electron chi connectivity index (χ2n) is 19.7. The Hall–Kier alpha value is -5.40. The zero-order chi connectivity index (χ0) is 37.7. The molecule has 6 saturated carbocycles. The first-order valence-corrected chi connectivity index (χ1v) is 22.5. The van der Waals surface area contributed by atoms with Crippen molar-refractivity contribution < 1.29 is 0 Å². The summed E-state index contributed by atoms with van der Waals surface area (Å²) in [6.45, 7) is 0. The molecule has 282 valence electrons. The molecule has 0 saturated heterocycles. The third kappa shape index (κ3) is 4.13. The molecule has 0 heterocycles. The van der Waals surface area contributed by atoms with Crippen molar-refractivity contribution in [3.63, 3.8) is 0 Å². The van der Waals surface area contributed by atoms with Gasteiger partial charge in [-0.05, 0) is 190 Å². The molecule has 6 fully saturated rings. The molecule has 8 aliphatic rings. The van der Waals surface area contributed by atoms with Gasteiger partial charge in [0.1, 0.15) is 0 Å². The number of benzene rings is 7. The van der Waals surface area contributed by atoms with Gasteiger partial charge in [-0.15, -0.1) is 0 Å². The van der Waals surface area contributed by atoms with Crippen LogP contribution in [0.15, 0.2) is 152 Å². The van der Waals surface area contributed by atoms with Gasteiger partial charge in [0.05, 0.1) is 0 Å². The van der Waals surface area contributed by atoms with Gasteiger partial charge in [-0.25, -0.2) is 0 Å². The highest BCUT2D eigenvalue weighted by atomic mass is 15.1. The summed E-state index contributed by atoms with van der Waals surface area (Å²) in [7, 11) is 0. The molecule has 0 amide bonds. The predicted molar refractivity (Wildman–Crippen MR) is 239 cm³/mol. The Morgan fingerprint density at radius 3 is 1.83 bits per heavy atom.